The normalized spacial score (nSPS) is 11.1. The van der Waals surface area contributed by atoms with Gasteiger partial charge in [0.25, 0.3) is 5.91 Å². The van der Waals surface area contributed by atoms with E-state index in [4.69, 9.17) is 11.6 Å². The van der Waals surface area contributed by atoms with Crippen LogP contribution in [-0.2, 0) is 9.84 Å². The predicted octanol–water partition coefficient (Wildman–Crippen LogP) is 3.00. The third-order valence-corrected chi connectivity index (χ3v) is 3.99. The summed E-state index contributed by atoms with van der Waals surface area (Å²) in [5, 5.41) is 3.15. The molecule has 0 radical (unpaired) electrons. The molecule has 1 amide bonds. The van der Waals surface area contributed by atoms with Gasteiger partial charge in [0.05, 0.1) is 4.90 Å². The van der Waals surface area contributed by atoms with E-state index >= 15 is 0 Å². The van der Waals surface area contributed by atoms with E-state index in [0.717, 1.165) is 6.26 Å². The van der Waals surface area contributed by atoms with E-state index in [-0.39, 0.29) is 10.8 Å². The van der Waals surface area contributed by atoms with E-state index in [0.29, 0.717) is 16.3 Å². The molecule has 0 heterocycles. The van der Waals surface area contributed by atoms with Gasteiger partial charge in [-0.15, -0.1) is 0 Å². The van der Waals surface area contributed by atoms with Crippen LogP contribution in [0, 0.1) is 0 Å². The molecule has 0 unspecified atom stereocenters. The molecular weight excluding hydrogens is 298 g/mol. The predicted molar refractivity (Wildman–Crippen MR) is 79.0 cm³/mol. The summed E-state index contributed by atoms with van der Waals surface area (Å²) in [6, 6.07) is 12.5. The first-order chi connectivity index (χ1) is 9.36. The Balaban J connectivity index is 2.16. The summed E-state index contributed by atoms with van der Waals surface area (Å²) < 4.78 is 22.6. The Morgan fingerprint density at radius 1 is 1.10 bits per heavy atom. The highest BCUT2D eigenvalue weighted by Crippen LogP contribution is 2.16. The third kappa shape index (κ3) is 3.59. The van der Waals surface area contributed by atoms with E-state index in [2.05, 4.69) is 5.32 Å². The van der Waals surface area contributed by atoms with Crippen molar-refractivity contribution in [3.8, 4) is 0 Å². The number of anilines is 1. The van der Waals surface area contributed by atoms with Gasteiger partial charge in [-0.25, -0.2) is 8.42 Å². The molecule has 2 aromatic rings. The van der Waals surface area contributed by atoms with Gasteiger partial charge in [-0.3, -0.25) is 4.79 Å². The zero-order valence-corrected chi connectivity index (χ0v) is 12.2. The standard InChI is InChI=1S/C14H12ClNO3S/c1-20(18,19)13-7-5-12(6-8-13)16-14(17)10-3-2-4-11(15)9-10/h2-9H,1H3,(H,16,17). The number of hydrogen-bond donors (Lipinski definition) is 1. The summed E-state index contributed by atoms with van der Waals surface area (Å²) in [4.78, 5) is 12.2. The van der Waals surface area contributed by atoms with Gasteiger partial charge in [0.1, 0.15) is 0 Å². The molecular formula is C14H12ClNO3S. The number of sulfone groups is 1. The SMILES string of the molecule is CS(=O)(=O)c1ccc(NC(=O)c2cccc(Cl)c2)cc1. The van der Waals surface area contributed by atoms with Gasteiger partial charge >= 0.3 is 0 Å². The topological polar surface area (TPSA) is 63.2 Å². The van der Waals surface area contributed by atoms with E-state index in [1.165, 1.54) is 12.1 Å². The van der Waals surface area contributed by atoms with Crippen LogP contribution in [0.4, 0.5) is 5.69 Å². The van der Waals surface area contributed by atoms with Gasteiger partial charge in [0.2, 0.25) is 0 Å². The lowest BCUT2D eigenvalue weighted by Crippen LogP contribution is -2.11. The summed E-state index contributed by atoms with van der Waals surface area (Å²) in [6.07, 6.45) is 1.13. The van der Waals surface area contributed by atoms with Crippen molar-refractivity contribution in [2.24, 2.45) is 0 Å². The molecule has 0 fully saturated rings. The molecule has 4 nitrogen and oxygen atoms in total. The van der Waals surface area contributed by atoms with Crippen molar-refractivity contribution in [1.82, 2.24) is 0 Å². The molecule has 2 aromatic carbocycles. The van der Waals surface area contributed by atoms with Crippen molar-refractivity contribution in [2.75, 3.05) is 11.6 Å². The molecule has 0 saturated heterocycles. The van der Waals surface area contributed by atoms with E-state index in [9.17, 15) is 13.2 Å². The van der Waals surface area contributed by atoms with Crippen molar-refractivity contribution >= 4 is 33.0 Å². The third-order valence-electron chi connectivity index (χ3n) is 2.63. The summed E-state index contributed by atoms with van der Waals surface area (Å²) in [5.41, 5.74) is 0.951. The van der Waals surface area contributed by atoms with Crippen molar-refractivity contribution in [3.05, 3.63) is 59.1 Å². The van der Waals surface area contributed by atoms with Crippen LogP contribution in [-0.4, -0.2) is 20.6 Å². The van der Waals surface area contributed by atoms with Gasteiger partial charge in [0.15, 0.2) is 9.84 Å². The summed E-state index contributed by atoms with van der Waals surface area (Å²) >= 11 is 5.82. The molecule has 0 aliphatic rings. The first-order valence-electron chi connectivity index (χ1n) is 5.73. The number of amides is 1. The van der Waals surface area contributed by atoms with Crippen LogP contribution < -0.4 is 5.32 Å². The average molecular weight is 310 g/mol. The van der Waals surface area contributed by atoms with Gasteiger partial charge in [0, 0.05) is 22.5 Å². The highest BCUT2D eigenvalue weighted by molar-refractivity contribution is 7.90. The van der Waals surface area contributed by atoms with E-state index in [1.54, 1.807) is 36.4 Å². The minimum atomic E-state index is -3.24. The summed E-state index contributed by atoms with van der Waals surface area (Å²) in [5.74, 6) is -0.306. The number of carbonyl (C=O) groups is 1. The fourth-order valence-electron chi connectivity index (χ4n) is 1.62. The van der Waals surface area contributed by atoms with Crippen LogP contribution in [0.5, 0.6) is 0 Å². The van der Waals surface area contributed by atoms with Crippen molar-refractivity contribution in [1.29, 1.82) is 0 Å². The maximum Gasteiger partial charge on any atom is 0.255 e. The van der Waals surface area contributed by atoms with Crippen molar-refractivity contribution in [3.63, 3.8) is 0 Å². The molecule has 104 valence electrons. The summed E-state index contributed by atoms with van der Waals surface area (Å²) in [7, 11) is -3.24. The average Bonchev–Trinajstić information content (AvgIpc) is 2.38. The van der Waals surface area contributed by atoms with E-state index in [1.807, 2.05) is 0 Å². The molecule has 2 rings (SSSR count). The smallest absolute Gasteiger partial charge is 0.255 e. The van der Waals surface area contributed by atoms with Crippen LogP contribution >= 0.6 is 11.6 Å². The number of carbonyl (C=O) groups excluding carboxylic acids is 1. The molecule has 0 saturated carbocycles. The molecule has 1 N–H and O–H groups in total. The number of hydrogen-bond acceptors (Lipinski definition) is 3. The van der Waals surface area contributed by atoms with Gasteiger partial charge in [-0.1, -0.05) is 17.7 Å². The van der Waals surface area contributed by atoms with Gasteiger partial charge < -0.3 is 5.32 Å². The maximum atomic E-state index is 12.0. The lowest BCUT2D eigenvalue weighted by atomic mass is 10.2. The largest absolute Gasteiger partial charge is 0.322 e. The Morgan fingerprint density at radius 2 is 1.75 bits per heavy atom. The minimum absolute atomic E-state index is 0.207. The van der Waals surface area contributed by atoms with Gasteiger partial charge in [-0.05, 0) is 42.5 Å². The molecule has 0 bridgehead atoms. The Morgan fingerprint density at radius 3 is 2.30 bits per heavy atom. The lowest BCUT2D eigenvalue weighted by Gasteiger charge is -2.06. The molecule has 0 aliphatic carbocycles. The highest BCUT2D eigenvalue weighted by atomic mass is 35.5. The van der Waals surface area contributed by atoms with Crippen LogP contribution in [0.1, 0.15) is 10.4 Å². The van der Waals surface area contributed by atoms with Crippen LogP contribution in [0.25, 0.3) is 0 Å². The molecule has 0 spiro atoms. The Bertz CT molecular complexity index is 739. The second kappa shape index (κ2) is 5.64. The quantitative estimate of drug-likeness (QED) is 0.948. The Hall–Kier alpha value is -1.85. The summed E-state index contributed by atoms with van der Waals surface area (Å²) in [6.45, 7) is 0. The molecule has 6 heteroatoms. The Kier molecular flexibility index (Phi) is 4.11. The lowest BCUT2D eigenvalue weighted by molar-refractivity contribution is 0.102. The van der Waals surface area contributed by atoms with E-state index < -0.39 is 9.84 Å². The number of rotatable bonds is 3. The second-order valence-electron chi connectivity index (χ2n) is 4.26. The molecule has 0 aliphatic heterocycles. The second-order valence-corrected chi connectivity index (χ2v) is 6.71. The zero-order chi connectivity index (χ0) is 14.8. The Labute approximate surface area is 122 Å². The number of halogens is 1. The fraction of sp³-hybridized carbons (Fsp3) is 0.0714. The van der Waals surface area contributed by atoms with Crippen LogP contribution in [0.2, 0.25) is 5.02 Å². The van der Waals surface area contributed by atoms with Gasteiger partial charge in [-0.2, -0.15) is 0 Å². The van der Waals surface area contributed by atoms with Crippen molar-refractivity contribution < 1.29 is 13.2 Å². The first-order valence-corrected chi connectivity index (χ1v) is 8.00. The maximum absolute atomic E-state index is 12.0. The zero-order valence-electron chi connectivity index (χ0n) is 10.6. The van der Waals surface area contributed by atoms with Crippen LogP contribution in [0.15, 0.2) is 53.4 Å². The monoisotopic (exact) mass is 309 g/mol. The first kappa shape index (κ1) is 14.6. The molecule has 20 heavy (non-hydrogen) atoms. The fourth-order valence-corrected chi connectivity index (χ4v) is 2.44. The molecule has 0 aromatic heterocycles. The minimum Gasteiger partial charge on any atom is -0.322 e. The number of nitrogens with one attached hydrogen (secondary N) is 1. The highest BCUT2D eigenvalue weighted by Gasteiger charge is 2.09. The number of benzene rings is 2. The molecule has 0 atom stereocenters. The van der Waals surface area contributed by atoms with Crippen molar-refractivity contribution in [2.45, 2.75) is 4.90 Å². The van der Waals surface area contributed by atoms with Crippen LogP contribution in [0.3, 0.4) is 0 Å².